The predicted molar refractivity (Wildman–Crippen MR) is 161 cm³/mol. The van der Waals surface area contributed by atoms with E-state index in [2.05, 4.69) is 5.10 Å². The quantitative estimate of drug-likeness (QED) is 0.193. The van der Waals surface area contributed by atoms with Crippen LogP contribution in [0.3, 0.4) is 0 Å². The predicted octanol–water partition coefficient (Wildman–Crippen LogP) is 4.21. The molecule has 1 aliphatic heterocycles. The number of hydrogen-bond donors (Lipinski definition) is 2. The van der Waals surface area contributed by atoms with Gasteiger partial charge >= 0.3 is 5.97 Å². The molecule has 43 heavy (non-hydrogen) atoms. The Labute approximate surface area is 251 Å². The summed E-state index contributed by atoms with van der Waals surface area (Å²) >= 11 is 0. The molecule has 10 nitrogen and oxygen atoms in total. The first kappa shape index (κ1) is 30.2. The fourth-order valence-electron chi connectivity index (χ4n) is 5.89. The van der Waals surface area contributed by atoms with Gasteiger partial charge in [-0.05, 0) is 56.9 Å². The molecule has 1 saturated heterocycles. The standard InChI is InChI=1S/C32H39FN6O4/c1-4-42-19-22-11-8-14-38(22)31(40)24-13-7-12-23(29(24)33)20-9-6-10-21(15-20)39-30(27(17-36-39)32(41)43-5-2)26-16-25(26)28(34)18-37(3)35/h6-7,9-10,12-13,15,17-18,22,25-26H,4-5,8,11,14,16,19,34-35H2,1-3H3/b28-18-/t22?,25?,26-/m1/s1. The lowest BCUT2D eigenvalue weighted by Gasteiger charge is -2.25. The molecule has 1 aromatic heterocycles. The fraction of sp³-hybridized carbons (Fsp3) is 0.406. The normalized spacial score (nSPS) is 19.9. The summed E-state index contributed by atoms with van der Waals surface area (Å²) < 4.78 is 28.6. The molecule has 11 heteroatoms. The topological polar surface area (TPSA) is 129 Å². The SMILES string of the molecule is CCOCC1CCCN1C(=O)c1cccc(-c2cccc(-n3ncc(C(=O)OCC)c3[C@@H]3CC3/C(N)=C/N(C)N)c2)c1F. The van der Waals surface area contributed by atoms with Crippen molar-refractivity contribution >= 4 is 11.9 Å². The van der Waals surface area contributed by atoms with Crippen molar-refractivity contribution in [1.82, 2.24) is 19.7 Å². The van der Waals surface area contributed by atoms with Gasteiger partial charge in [-0.1, -0.05) is 24.3 Å². The molecule has 5 rings (SSSR count). The van der Waals surface area contributed by atoms with E-state index in [0.717, 1.165) is 12.8 Å². The van der Waals surface area contributed by atoms with E-state index >= 15 is 4.39 Å². The van der Waals surface area contributed by atoms with Crippen molar-refractivity contribution in [2.45, 2.75) is 45.1 Å². The lowest BCUT2D eigenvalue weighted by atomic mass is 10.0. The highest BCUT2D eigenvalue weighted by Gasteiger charge is 2.45. The molecule has 0 spiro atoms. The van der Waals surface area contributed by atoms with Gasteiger partial charge in [0, 0.05) is 49.5 Å². The van der Waals surface area contributed by atoms with Gasteiger partial charge < -0.3 is 25.1 Å². The summed E-state index contributed by atoms with van der Waals surface area (Å²) in [6.45, 7) is 5.47. The zero-order valence-corrected chi connectivity index (χ0v) is 24.8. The summed E-state index contributed by atoms with van der Waals surface area (Å²) in [6, 6.07) is 12.1. The van der Waals surface area contributed by atoms with Crippen LogP contribution in [0.5, 0.6) is 0 Å². The molecule has 1 aliphatic carbocycles. The molecule has 2 heterocycles. The van der Waals surface area contributed by atoms with Crippen LogP contribution in [-0.4, -0.2) is 71.0 Å². The first-order valence-corrected chi connectivity index (χ1v) is 14.7. The van der Waals surface area contributed by atoms with Crippen LogP contribution in [0, 0.1) is 11.7 Å². The number of nitrogens with two attached hydrogens (primary N) is 2. The Balaban J connectivity index is 1.49. The number of hydrazine groups is 1. The maximum absolute atomic E-state index is 16.0. The van der Waals surface area contributed by atoms with Crippen LogP contribution in [-0.2, 0) is 9.47 Å². The molecule has 4 N–H and O–H groups in total. The Kier molecular flexibility index (Phi) is 9.12. The van der Waals surface area contributed by atoms with E-state index in [1.54, 1.807) is 60.1 Å². The molecule has 1 saturated carbocycles. The Hall–Kier alpha value is -4.22. The van der Waals surface area contributed by atoms with E-state index < -0.39 is 11.8 Å². The van der Waals surface area contributed by atoms with Gasteiger partial charge in [0.1, 0.15) is 11.4 Å². The molecule has 3 aromatic rings. The van der Waals surface area contributed by atoms with E-state index in [9.17, 15) is 9.59 Å². The number of rotatable bonds is 11. The van der Waals surface area contributed by atoms with Gasteiger partial charge in [0.15, 0.2) is 0 Å². The zero-order chi connectivity index (χ0) is 30.7. The molecular formula is C32H39FN6O4. The third kappa shape index (κ3) is 6.28. The number of ether oxygens (including phenoxy) is 2. The first-order valence-electron chi connectivity index (χ1n) is 14.7. The minimum absolute atomic E-state index is 0.0184. The Morgan fingerprint density at radius 2 is 1.95 bits per heavy atom. The average Bonchev–Trinajstić information content (AvgIpc) is 3.42. The highest BCUT2D eigenvalue weighted by atomic mass is 19.1. The number of carbonyl (C=O) groups is 2. The van der Waals surface area contributed by atoms with Crippen LogP contribution in [0.1, 0.15) is 65.4 Å². The molecule has 3 atom stereocenters. The monoisotopic (exact) mass is 590 g/mol. The van der Waals surface area contributed by atoms with E-state index in [0.29, 0.717) is 59.9 Å². The maximum Gasteiger partial charge on any atom is 0.341 e. The molecule has 0 radical (unpaired) electrons. The molecular weight excluding hydrogens is 551 g/mol. The van der Waals surface area contributed by atoms with Crippen molar-refractivity contribution in [3.8, 4) is 16.8 Å². The Morgan fingerprint density at radius 3 is 2.70 bits per heavy atom. The Bertz CT molecular complexity index is 1520. The number of esters is 1. The van der Waals surface area contributed by atoms with E-state index in [1.807, 2.05) is 13.0 Å². The van der Waals surface area contributed by atoms with E-state index in [4.69, 9.17) is 21.1 Å². The number of halogens is 1. The summed E-state index contributed by atoms with van der Waals surface area (Å²) in [4.78, 5) is 28.1. The van der Waals surface area contributed by atoms with Crippen molar-refractivity contribution in [2.24, 2.45) is 17.5 Å². The van der Waals surface area contributed by atoms with Gasteiger partial charge in [-0.15, -0.1) is 0 Å². The van der Waals surface area contributed by atoms with Crippen LogP contribution < -0.4 is 11.6 Å². The molecule has 2 unspecified atom stereocenters. The minimum atomic E-state index is -0.578. The lowest BCUT2D eigenvalue weighted by Crippen LogP contribution is -2.38. The van der Waals surface area contributed by atoms with E-state index in [1.165, 1.54) is 17.3 Å². The molecule has 2 aromatic carbocycles. The number of aromatic nitrogens is 2. The maximum atomic E-state index is 16.0. The summed E-state index contributed by atoms with van der Waals surface area (Å²) in [5, 5.41) is 5.94. The van der Waals surface area contributed by atoms with Crippen molar-refractivity contribution in [2.75, 3.05) is 33.4 Å². The molecule has 1 amide bonds. The number of benzene rings is 2. The number of hydrogen-bond acceptors (Lipinski definition) is 8. The van der Waals surface area contributed by atoms with Gasteiger partial charge in [0.2, 0.25) is 0 Å². The molecule has 0 bridgehead atoms. The molecule has 228 valence electrons. The second-order valence-corrected chi connectivity index (χ2v) is 11.0. The smallest absolute Gasteiger partial charge is 0.341 e. The van der Waals surface area contributed by atoms with Crippen LogP contribution in [0.4, 0.5) is 4.39 Å². The fourth-order valence-corrected chi connectivity index (χ4v) is 5.89. The lowest BCUT2D eigenvalue weighted by molar-refractivity contribution is 0.0523. The van der Waals surface area contributed by atoms with Crippen LogP contribution in [0.15, 0.2) is 60.6 Å². The van der Waals surface area contributed by atoms with Crippen molar-refractivity contribution in [3.05, 3.63) is 83.2 Å². The number of amides is 1. The van der Waals surface area contributed by atoms with E-state index in [-0.39, 0.29) is 36.0 Å². The largest absolute Gasteiger partial charge is 0.462 e. The average molecular weight is 591 g/mol. The number of allylic oxidation sites excluding steroid dienone is 1. The summed E-state index contributed by atoms with van der Waals surface area (Å²) in [5.41, 5.74) is 9.49. The second-order valence-electron chi connectivity index (χ2n) is 11.0. The summed E-state index contributed by atoms with van der Waals surface area (Å²) in [5.74, 6) is 4.29. The van der Waals surface area contributed by atoms with Crippen molar-refractivity contribution < 1.29 is 23.5 Å². The van der Waals surface area contributed by atoms with Gasteiger partial charge in [-0.2, -0.15) is 5.10 Å². The van der Waals surface area contributed by atoms with Crippen LogP contribution in [0.2, 0.25) is 0 Å². The van der Waals surface area contributed by atoms with Crippen LogP contribution in [0.25, 0.3) is 16.8 Å². The third-order valence-electron chi connectivity index (χ3n) is 8.01. The Morgan fingerprint density at radius 1 is 1.16 bits per heavy atom. The molecule has 2 aliphatic rings. The summed E-state index contributed by atoms with van der Waals surface area (Å²) in [7, 11) is 1.69. The first-order chi connectivity index (χ1) is 20.7. The zero-order valence-electron chi connectivity index (χ0n) is 24.8. The van der Waals surface area contributed by atoms with Gasteiger partial charge in [0.05, 0.1) is 42.4 Å². The number of carbonyl (C=O) groups excluding carboxylic acids is 2. The van der Waals surface area contributed by atoms with Gasteiger partial charge in [0.25, 0.3) is 5.91 Å². The minimum Gasteiger partial charge on any atom is -0.462 e. The third-order valence-corrected chi connectivity index (χ3v) is 8.01. The van der Waals surface area contributed by atoms with Crippen molar-refractivity contribution in [3.63, 3.8) is 0 Å². The van der Waals surface area contributed by atoms with Crippen molar-refractivity contribution in [1.29, 1.82) is 0 Å². The highest BCUT2D eigenvalue weighted by molar-refractivity contribution is 5.96. The number of likely N-dealkylation sites (tertiary alicyclic amines) is 1. The van der Waals surface area contributed by atoms with Gasteiger partial charge in [-0.25, -0.2) is 19.7 Å². The second kappa shape index (κ2) is 13.0. The summed E-state index contributed by atoms with van der Waals surface area (Å²) in [6.07, 6.45) is 5.57. The molecule has 2 fully saturated rings. The highest BCUT2D eigenvalue weighted by Crippen LogP contribution is 2.52. The van der Waals surface area contributed by atoms with Crippen LogP contribution >= 0.6 is 0 Å². The number of nitrogens with zero attached hydrogens (tertiary/aromatic N) is 4. The van der Waals surface area contributed by atoms with Gasteiger partial charge in [-0.3, -0.25) is 4.79 Å².